The third-order valence-electron chi connectivity index (χ3n) is 7.97. The molecule has 2 fully saturated rings. The van der Waals surface area contributed by atoms with Crippen LogP contribution in [0.4, 0.5) is 9.18 Å². The predicted molar refractivity (Wildman–Crippen MR) is 147 cm³/mol. The van der Waals surface area contributed by atoms with E-state index in [4.69, 9.17) is 9.47 Å². The molecule has 0 atom stereocenters. The molecule has 1 saturated carbocycles. The van der Waals surface area contributed by atoms with E-state index in [1.54, 1.807) is 11.1 Å². The first kappa shape index (κ1) is 28.0. The molecule has 11 heteroatoms. The number of carbonyl (C=O) groups is 1. The normalized spacial score (nSPS) is 21.3. The Hall–Kier alpha value is -3.50. The molecule has 0 unspecified atom stereocenters. The fourth-order valence-corrected chi connectivity index (χ4v) is 5.59. The molecular weight excluding hydrogens is 513 g/mol. The van der Waals surface area contributed by atoms with Crippen LogP contribution < -0.4 is 4.74 Å². The lowest BCUT2D eigenvalue weighted by atomic mass is 9.85. The molecule has 5 rings (SSSR count). The number of ether oxygens (including phenoxy) is 2. The van der Waals surface area contributed by atoms with Gasteiger partial charge in [0.15, 0.2) is 11.5 Å². The predicted octanol–water partition coefficient (Wildman–Crippen LogP) is 5.39. The number of nitrogens with zero attached hydrogens (tertiary/aromatic N) is 7. The van der Waals surface area contributed by atoms with E-state index in [1.165, 1.54) is 0 Å². The molecule has 0 radical (unpaired) electrons. The van der Waals surface area contributed by atoms with E-state index < -0.39 is 17.4 Å². The first-order valence-corrected chi connectivity index (χ1v) is 14.2. The first-order chi connectivity index (χ1) is 19.0. The molecule has 1 aromatic carbocycles. The van der Waals surface area contributed by atoms with E-state index in [0.29, 0.717) is 31.3 Å². The van der Waals surface area contributed by atoms with Crippen LogP contribution in [0.25, 0.3) is 0 Å². The van der Waals surface area contributed by atoms with Gasteiger partial charge < -0.3 is 18.9 Å². The Morgan fingerprint density at radius 3 is 2.50 bits per heavy atom. The molecule has 1 aliphatic heterocycles. The van der Waals surface area contributed by atoms with Gasteiger partial charge in [0.1, 0.15) is 29.5 Å². The highest BCUT2D eigenvalue weighted by Crippen LogP contribution is 2.39. The average molecular weight is 554 g/mol. The van der Waals surface area contributed by atoms with Crippen molar-refractivity contribution < 1.29 is 18.7 Å². The zero-order chi connectivity index (χ0) is 28.5. The average Bonchev–Trinajstić information content (AvgIpc) is 3.55. The van der Waals surface area contributed by atoms with E-state index in [2.05, 4.69) is 20.5 Å². The summed E-state index contributed by atoms with van der Waals surface area (Å²) >= 11 is 0. The monoisotopic (exact) mass is 553 g/mol. The van der Waals surface area contributed by atoms with Crippen molar-refractivity contribution in [1.29, 1.82) is 0 Å². The molecule has 216 valence electrons. The topological polar surface area (TPSA) is 100 Å². The number of aromatic nitrogens is 6. The number of piperidine rings is 1. The number of hydrogen-bond acceptors (Lipinski definition) is 7. The van der Waals surface area contributed by atoms with Crippen molar-refractivity contribution in [3.8, 4) is 5.75 Å². The fraction of sp³-hybridized carbons (Fsp3) is 0.621. The third kappa shape index (κ3) is 6.28. The Balaban J connectivity index is 1.14. The molecule has 3 heterocycles. The van der Waals surface area contributed by atoms with E-state index in [0.717, 1.165) is 48.6 Å². The fourth-order valence-electron chi connectivity index (χ4n) is 5.59. The minimum atomic E-state index is -1.59. The molecule has 0 N–H and O–H groups in total. The number of hydrogen-bond donors (Lipinski definition) is 0. The number of likely N-dealkylation sites (tertiary alicyclic amines) is 1. The van der Waals surface area contributed by atoms with Gasteiger partial charge in [0, 0.05) is 38.9 Å². The summed E-state index contributed by atoms with van der Waals surface area (Å²) in [5, 5.41) is 17.4. The van der Waals surface area contributed by atoms with Crippen molar-refractivity contribution in [2.24, 2.45) is 7.05 Å². The lowest BCUT2D eigenvalue weighted by Crippen LogP contribution is -2.45. The number of rotatable bonds is 6. The summed E-state index contributed by atoms with van der Waals surface area (Å²) in [5.74, 6) is 2.89. The lowest BCUT2D eigenvalue weighted by molar-refractivity contribution is 0.00123. The highest BCUT2D eigenvalue weighted by molar-refractivity contribution is 5.68. The SMILES string of the molecule is Cc1cccc(OCc2nnc([C@H]3CC[C@H](n4cc(C5(F)CCN(C(=O)OC(C)(C)C)CC5)nn4)CC3)n2C)c1. The Morgan fingerprint density at radius 1 is 1.10 bits per heavy atom. The summed E-state index contributed by atoms with van der Waals surface area (Å²) in [6.07, 6.45) is 5.41. The van der Waals surface area contributed by atoms with Gasteiger partial charge in [0.25, 0.3) is 0 Å². The molecule has 0 spiro atoms. The van der Waals surface area contributed by atoms with Crippen LogP contribution in [-0.4, -0.2) is 59.4 Å². The van der Waals surface area contributed by atoms with Crippen LogP contribution >= 0.6 is 0 Å². The van der Waals surface area contributed by atoms with Crippen molar-refractivity contribution in [2.45, 2.75) is 96.1 Å². The van der Waals surface area contributed by atoms with Crippen LogP contribution in [0.3, 0.4) is 0 Å². The quantitative estimate of drug-likeness (QED) is 0.404. The zero-order valence-corrected chi connectivity index (χ0v) is 24.1. The standard InChI is InChI=1S/C29H40FN7O3/c1-20-7-6-8-23(17-20)39-19-25-32-33-26(35(25)5)21-9-11-22(12-10-21)37-18-24(31-34-37)29(30)13-15-36(16-14-29)27(38)40-28(2,3)4/h6-8,17-18,21-22H,9-16,19H2,1-5H3/t21-,22-. The van der Waals surface area contributed by atoms with Gasteiger partial charge >= 0.3 is 6.09 Å². The second kappa shape index (κ2) is 11.2. The van der Waals surface area contributed by atoms with Gasteiger partial charge in [-0.1, -0.05) is 17.3 Å². The Kier molecular flexibility index (Phi) is 7.83. The van der Waals surface area contributed by atoms with Gasteiger partial charge in [-0.15, -0.1) is 15.3 Å². The first-order valence-electron chi connectivity index (χ1n) is 14.2. The van der Waals surface area contributed by atoms with Gasteiger partial charge in [-0.2, -0.15) is 0 Å². The molecule has 3 aromatic rings. The maximum Gasteiger partial charge on any atom is 0.410 e. The second-order valence-corrected chi connectivity index (χ2v) is 12.2. The number of aryl methyl sites for hydroxylation is 1. The number of halogens is 1. The van der Waals surface area contributed by atoms with Gasteiger partial charge in [-0.05, 0) is 71.1 Å². The van der Waals surface area contributed by atoms with E-state index in [-0.39, 0.29) is 18.9 Å². The van der Waals surface area contributed by atoms with Crippen LogP contribution in [0.1, 0.15) is 94.2 Å². The van der Waals surface area contributed by atoms with Crippen molar-refractivity contribution in [1.82, 2.24) is 34.7 Å². The van der Waals surface area contributed by atoms with Gasteiger partial charge in [-0.3, -0.25) is 0 Å². The number of benzene rings is 1. The summed E-state index contributed by atoms with van der Waals surface area (Å²) < 4.78 is 31.1. The highest BCUT2D eigenvalue weighted by atomic mass is 19.1. The van der Waals surface area contributed by atoms with Crippen molar-refractivity contribution in [3.63, 3.8) is 0 Å². The molecule has 10 nitrogen and oxygen atoms in total. The van der Waals surface area contributed by atoms with Gasteiger partial charge in [0.2, 0.25) is 0 Å². The van der Waals surface area contributed by atoms with E-state index in [9.17, 15) is 4.79 Å². The van der Waals surface area contributed by atoms with Crippen molar-refractivity contribution >= 4 is 6.09 Å². The Labute approximate surface area is 234 Å². The zero-order valence-electron chi connectivity index (χ0n) is 24.1. The molecule has 2 aliphatic rings. The summed E-state index contributed by atoms with van der Waals surface area (Å²) in [6.45, 7) is 8.47. The summed E-state index contributed by atoms with van der Waals surface area (Å²) in [5.41, 5.74) is -0.666. The summed E-state index contributed by atoms with van der Waals surface area (Å²) in [7, 11) is 1.99. The third-order valence-corrected chi connectivity index (χ3v) is 7.97. The van der Waals surface area contributed by atoms with Crippen molar-refractivity contribution in [3.05, 3.63) is 53.4 Å². The summed E-state index contributed by atoms with van der Waals surface area (Å²) in [4.78, 5) is 13.9. The maximum atomic E-state index is 15.9. The number of amides is 1. The van der Waals surface area contributed by atoms with Gasteiger partial charge in [0.05, 0.1) is 12.2 Å². The molecule has 0 bridgehead atoms. The highest BCUT2D eigenvalue weighted by Gasteiger charge is 2.41. The van der Waals surface area contributed by atoms with Crippen LogP contribution in [0.15, 0.2) is 30.5 Å². The maximum absolute atomic E-state index is 15.9. The Morgan fingerprint density at radius 2 is 1.82 bits per heavy atom. The van der Waals surface area contributed by atoms with E-state index in [1.807, 2.05) is 68.3 Å². The van der Waals surface area contributed by atoms with Crippen molar-refractivity contribution in [2.75, 3.05) is 13.1 Å². The summed E-state index contributed by atoms with van der Waals surface area (Å²) in [6, 6.07) is 8.13. The molecule has 40 heavy (non-hydrogen) atoms. The smallest absolute Gasteiger partial charge is 0.410 e. The van der Waals surface area contributed by atoms with E-state index >= 15 is 4.39 Å². The van der Waals surface area contributed by atoms with Crippen LogP contribution in [-0.2, 0) is 24.1 Å². The largest absolute Gasteiger partial charge is 0.486 e. The minimum Gasteiger partial charge on any atom is -0.486 e. The van der Waals surface area contributed by atoms with Crippen LogP contribution in [0.5, 0.6) is 5.75 Å². The molecule has 2 aromatic heterocycles. The number of alkyl halides is 1. The van der Waals surface area contributed by atoms with Gasteiger partial charge in [-0.25, -0.2) is 13.9 Å². The molecule has 1 saturated heterocycles. The number of carbonyl (C=O) groups excluding carboxylic acids is 1. The van der Waals surface area contributed by atoms with Crippen LogP contribution in [0, 0.1) is 6.92 Å². The Bertz CT molecular complexity index is 1320. The lowest BCUT2D eigenvalue weighted by Gasteiger charge is -2.36. The molecule has 1 amide bonds. The molecule has 1 aliphatic carbocycles. The minimum absolute atomic E-state index is 0.167. The second-order valence-electron chi connectivity index (χ2n) is 12.2. The molecular formula is C29H40FN7O3. The van der Waals surface area contributed by atoms with Crippen LogP contribution in [0.2, 0.25) is 0 Å².